The molecule has 7 heteroatoms. The SMILES string of the molecule is COC(=O)c1nc2ccccc2c(=O)n2c3ccccc3c(=O)n12. The maximum absolute atomic E-state index is 13.0. The second-order valence-electron chi connectivity index (χ2n) is 5.20. The lowest BCUT2D eigenvalue weighted by atomic mass is 10.2. The highest BCUT2D eigenvalue weighted by molar-refractivity contribution is 5.89. The first-order valence-electron chi connectivity index (χ1n) is 7.17. The number of carbonyl (C=O) groups excluding carboxylic acids is 1. The summed E-state index contributed by atoms with van der Waals surface area (Å²) in [5.74, 6) is -1.05. The van der Waals surface area contributed by atoms with Crippen LogP contribution >= 0.6 is 0 Å². The van der Waals surface area contributed by atoms with E-state index in [1.54, 1.807) is 48.5 Å². The Morgan fingerprint density at radius 3 is 2.29 bits per heavy atom. The number of esters is 1. The van der Waals surface area contributed by atoms with Crippen LogP contribution in [0.3, 0.4) is 0 Å². The van der Waals surface area contributed by atoms with Gasteiger partial charge >= 0.3 is 5.97 Å². The number of benzene rings is 2. The van der Waals surface area contributed by atoms with E-state index in [0.717, 1.165) is 4.52 Å². The molecule has 0 atom stereocenters. The number of hydrogen-bond acceptors (Lipinski definition) is 5. The zero-order valence-corrected chi connectivity index (χ0v) is 12.6. The second-order valence-corrected chi connectivity index (χ2v) is 5.20. The molecule has 2 heterocycles. The maximum atomic E-state index is 13.0. The van der Waals surface area contributed by atoms with Crippen molar-refractivity contribution in [3.63, 3.8) is 0 Å². The van der Waals surface area contributed by atoms with Gasteiger partial charge < -0.3 is 4.74 Å². The lowest BCUT2D eigenvalue weighted by Crippen LogP contribution is -2.24. The summed E-state index contributed by atoms with van der Waals surface area (Å²) < 4.78 is 6.89. The molecule has 0 aliphatic heterocycles. The fourth-order valence-corrected chi connectivity index (χ4v) is 2.79. The molecule has 118 valence electrons. The van der Waals surface area contributed by atoms with Gasteiger partial charge in [-0.15, -0.1) is 0 Å². The molecule has 0 saturated heterocycles. The van der Waals surface area contributed by atoms with Crippen LogP contribution in [0, 0.1) is 0 Å². The van der Waals surface area contributed by atoms with Crippen LogP contribution in [-0.2, 0) is 4.74 Å². The summed E-state index contributed by atoms with van der Waals surface area (Å²) in [6, 6.07) is 13.3. The van der Waals surface area contributed by atoms with Gasteiger partial charge in [0.2, 0.25) is 5.82 Å². The van der Waals surface area contributed by atoms with Crippen LogP contribution in [0.2, 0.25) is 0 Å². The van der Waals surface area contributed by atoms with E-state index in [9.17, 15) is 14.4 Å². The first kappa shape index (κ1) is 14.1. The van der Waals surface area contributed by atoms with Crippen LogP contribution in [0.25, 0.3) is 21.8 Å². The normalized spacial score (nSPS) is 11.2. The molecule has 4 rings (SSSR count). The quantitative estimate of drug-likeness (QED) is 0.493. The third-order valence-electron chi connectivity index (χ3n) is 3.88. The highest BCUT2D eigenvalue weighted by Gasteiger charge is 2.20. The monoisotopic (exact) mass is 321 g/mol. The third-order valence-corrected chi connectivity index (χ3v) is 3.88. The summed E-state index contributed by atoms with van der Waals surface area (Å²) in [4.78, 5) is 42.2. The average Bonchev–Trinajstić information content (AvgIpc) is 2.83. The molecule has 4 aromatic rings. The Balaban J connectivity index is 2.46. The molecule has 0 N–H and O–H groups in total. The molecule has 0 unspecified atom stereocenters. The summed E-state index contributed by atoms with van der Waals surface area (Å²) >= 11 is 0. The number of rotatable bonds is 1. The van der Waals surface area contributed by atoms with E-state index in [4.69, 9.17) is 4.74 Å². The second kappa shape index (κ2) is 5.02. The first-order chi connectivity index (χ1) is 11.6. The molecule has 2 aromatic carbocycles. The van der Waals surface area contributed by atoms with Crippen molar-refractivity contribution in [2.45, 2.75) is 0 Å². The lowest BCUT2D eigenvalue weighted by Gasteiger charge is -1.98. The van der Waals surface area contributed by atoms with Crippen LogP contribution in [0.1, 0.15) is 10.6 Å². The number of methoxy groups -OCH3 is 1. The van der Waals surface area contributed by atoms with Gasteiger partial charge in [0.05, 0.1) is 28.9 Å². The van der Waals surface area contributed by atoms with Gasteiger partial charge in [-0.2, -0.15) is 4.52 Å². The van der Waals surface area contributed by atoms with Crippen LogP contribution in [0.4, 0.5) is 0 Å². The van der Waals surface area contributed by atoms with Crippen molar-refractivity contribution < 1.29 is 9.53 Å². The summed E-state index contributed by atoms with van der Waals surface area (Å²) in [5, 5.41) is 0.618. The van der Waals surface area contributed by atoms with E-state index in [0.29, 0.717) is 21.8 Å². The molecule has 0 fully saturated rings. The minimum absolute atomic E-state index is 0.253. The fraction of sp³-hybridized carbons (Fsp3) is 0.0588. The van der Waals surface area contributed by atoms with E-state index in [-0.39, 0.29) is 5.82 Å². The number of nitrogens with zero attached hydrogens (tertiary/aromatic N) is 3. The van der Waals surface area contributed by atoms with Crippen LogP contribution in [-0.4, -0.2) is 27.1 Å². The highest BCUT2D eigenvalue weighted by atomic mass is 16.5. The van der Waals surface area contributed by atoms with Crippen molar-refractivity contribution in [1.29, 1.82) is 0 Å². The van der Waals surface area contributed by atoms with E-state index in [2.05, 4.69) is 4.98 Å². The fourth-order valence-electron chi connectivity index (χ4n) is 2.79. The van der Waals surface area contributed by atoms with E-state index in [1.165, 1.54) is 11.6 Å². The van der Waals surface area contributed by atoms with Gasteiger partial charge in [-0.3, -0.25) is 9.59 Å². The number of hydrogen-bond donors (Lipinski definition) is 0. The van der Waals surface area contributed by atoms with Gasteiger partial charge in [0.1, 0.15) is 0 Å². The Morgan fingerprint density at radius 2 is 1.54 bits per heavy atom. The molecule has 2 aromatic heterocycles. The van der Waals surface area contributed by atoms with E-state index < -0.39 is 17.1 Å². The smallest absolute Gasteiger partial charge is 0.376 e. The molecular weight excluding hydrogens is 310 g/mol. The Morgan fingerprint density at radius 1 is 0.917 bits per heavy atom. The van der Waals surface area contributed by atoms with Gasteiger partial charge in [0.15, 0.2) is 0 Å². The molecule has 0 radical (unpaired) electrons. The molecule has 7 nitrogen and oxygen atoms in total. The minimum Gasteiger partial charge on any atom is -0.463 e. The molecular formula is C17H11N3O4. The standard InChI is InChI=1S/C17H11N3O4/c1-24-17(23)14-18-12-8-4-2-6-10(12)15(21)19-13-9-5-3-7-11(13)16(22)20(14)19/h2-9H,1H3. The summed E-state index contributed by atoms with van der Waals surface area (Å²) in [6.45, 7) is 0. The molecule has 0 bridgehead atoms. The molecule has 24 heavy (non-hydrogen) atoms. The summed E-state index contributed by atoms with van der Waals surface area (Å²) in [7, 11) is 1.20. The summed E-state index contributed by atoms with van der Waals surface area (Å²) in [6.07, 6.45) is 0. The molecule has 0 amide bonds. The topological polar surface area (TPSA) is 82.2 Å². The molecule has 0 aliphatic carbocycles. The zero-order valence-electron chi connectivity index (χ0n) is 12.6. The molecule has 0 spiro atoms. The zero-order chi connectivity index (χ0) is 16.8. The minimum atomic E-state index is -0.800. The van der Waals surface area contributed by atoms with E-state index in [1.807, 2.05) is 0 Å². The predicted octanol–water partition coefficient (Wildman–Crippen LogP) is 1.25. The van der Waals surface area contributed by atoms with Crippen molar-refractivity contribution in [2.24, 2.45) is 0 Å². The summed E-state index contributed by atoms with van der Waals surface area (Å²) in [5.41, 5.74) is -0.231. The van der Waals surface area contributed by atoms with Crippen LogP contribution in [0.15, 0.2) is 58.1 Å². The van der Waals surface area contributed by atoms with Gasteiger partial charge in [-0.05, 0) is 24.3 Å². The van der Waals surface area contributed by atoms with Gasteiger partial charge in [0, 0.05) is 0 Å². The van der Waals surface area contributed by atoms with E-state index >= 15 is 0 Å². The number of carbonyl (C=O) groups is 1. The largest absolute Gasteiger partial charge is 0.463 e. The van der Waals surface area contributed by atoms with Crippen LogP contribution in [0.5, 0.6) is 0 Å². The third kappa shape index (κ3) is 1.78. The van der Waals surface area contributed by atoms with Gasteiger partial charge in [-0.1, -0.05) is 24.3 Å². The average molecular weight is 321 g/mol. The Labute approximate surface area is 134 Å². The highest BCUT2D eigenvalue weighted by Crippen LogP contribution is 2.12. The molecule has 0 aliphatic rings. The van der Waals surface area contributed by atoms with Crippen molar-refractivity contribution in [3.8, 4) is 0 Å². The van der Waals surface area contributed by atoms with Crippen LogP contribution < -0.4 is 11.1 Å². The van der Waals surface area contributed by atoms with Gasteiger partial charge in [0.25, 0.3) is 11.1 Å². The Kier molecular flexibility index (Phi) is 2.96. The predicted molar refractivity (Wildman–Crippen MR) is 87.5 cm³/mol. The molecule has 0 saturated carbocycles. The first-order valence-corrected chi connectivity index (χ1v) is 7.17. The van der Waals surface area contributed by atoms with Crippen molar-refractivity contribution in [1.82, 2.24) is 14.0 Å². The number of aromatic nitrogens is 3. The number of ether oxygens (including phenoxy) is 1. The van der Waals surface area contributed by atoms with Gasteiger partial charge in [-0.25, -0.2) is 14.3 Å². The van der Waals surface area contributed by atoms with Crippen molar-refractivity contribution in [2.75, 3.05) is 7.11 Å². The maximum Gasteiger partial charge on any atom is 0.376 e. The number of para-hydroxylation sites is 2. The van der Waals surface area contributed by atoms with Crippen molar-refractivity contribution >= 4 is 27.8 Å². The lowest BCUT2D eigenvalue weighted by molar-refractivity contribution is 0.0582. The Bertz CT molecular complexity index is 1250. The Hall–Kier alpha value is -3.48. The van der Waals surface area contributed by atoms with Crippen molar-refractivity contribution in [3.05, 3.63) is 75.1 Å². The number of fused-ring (bicyclic) bond motifs is 4.